The predicted molar refractivity (Wildman–Crippen MR) is 180 cm³/mol. The van der Waals surface area contributed by atoms with Crippen molar-refractivity contribution in [2.24, 2.45) is 0 Å². The lowest BCUT2D eigenvalue weighted by Crippen LogP contribution is -2.27. The molecule has 6 aromatic rings. The minimum absolute atomic E-state index is 0.286. The van der Waals surface area contributed by atoms with Gasteiger partial charge in [0.2, 0.25) is 0 Å². The highest BCUT2D eigenvalue weighted by Crippen LogP contribution is 2.36. The number of aromatic amines is 1. The third kappa shape index (κ3) is 7.26. The van der Waals surface area contributed by atoms with E-state index in [1.165, 1.54) is 17.1 Å². The summed E-state index contributed by atoms with van der Waals surface area (Å²) in [5.74, 6) is 1.34. The number of benzene rings is 2. The zero-order valence-corrected chi connectivity index (χ0v) is 27.3. The molecule has 48 heavy (non-hydrogen) atoms. The molecule has 0 saturated heterocycles. The summed E-state index contributed by atoms with van der Waals surface area (Å²) in [6.45, 7) is 5.36. The topological polar surface area (TPSA) is 155 Å². The average molecular weight is 666 g/mol. The highest BCUT2D eigenvalue weighted by molar-refractivity contribution is 6.31. The molecule has 0 aliphatic rings. The SMILES string of the molecule is COc1cn(C(Cc2ccccc2)c2ncc(-c3ccc(NC(=O)OC(C)(C)C)nc3)[nH]2)c(=O)cc1-c1cc(Cl)ccc1-n1cnnn1. The Bertz CT molecular complexity index is 2090. The standard InChI is InChI=1S/C34H32ClN9O4/c1-34(2,3)48-33(46)40-30-13-10-22(17-36-30)26-18-37-32(39-26)28(14-21-8-6-5-7-9-21)43-19-29(47-4)25(16-31(43)45)24-15-23(35)11-12-27(24)44-20-38-41-42-44/h5-13,15-20,28H,14H2,1-4H3,(H,37,39)(H,36,40,46). The molecule has 1 atom stereocenters. The first kappa shape index (κ1) is 32.1. The molecule has 0 spiro atoms. The highest BCUT2D eigenvalue weighted by atomic mass is 35.5. The van der Waals surface area contributed by atoms with Crippen molar-refractivity contribution in [3.05, 3.63) is 118 Å². The number of carbonyl (C=O) groups is 1. The molecule has 4 heterocycles. The molecule has 0 fully saturated rings. The van der Waals surface area contributed by atoms with E-state index < -0.39 is 17.7 Å². The maximum absolute atomic E-state index is 14.0. The molecule has 6 rings (SSSR count). The van der Waals surface area contributed by atoms with Crippen molar-refractivity contribution in [2.45, 2.75) is 38.8 Å². The Kier molecular flexibility index (Phi) is 9.04. The van der Waals surface area contributed by atoms with Crippen molar-refractivity contribution >= 4 is 23.5 Å². The third-order valence-corrected chi connectivity index (χ3v) is 7.57. The number of rotatable bonds is 9. The average Bonchev–Trinajstić information content (AvgIpc) is 3.77. The monoisotopic (exact) mass is 665 g/mol. The fourth-order valence-corrected chi connectivity index (χ4v) is 5.36. The smallest absolute Gasteiger partial charge is 0.413 e. The van der Waals surface area contributed by atoms with Crippen LogP contribution in [-0.4, -0.2) is 58.5 Å². The van der Waals surface area contributed by atoms with Crippen molar-refractivity contribution in [3.8, 4) is 33.8 Å². The Morgan fingerprint density at radius 3 is 2.52 bits per heavy atom. The van der Waals surface area contributed by atoms with Gasteiger partial charge in [0.1, 0.15) is 29.3 Å². The van der Waals surface area contributed by atoms with Crippen LogP contribution in [0.5, 0.6) is 5.75 Å². The van der Waals surface area contributed by atoms with E-state index in [0.717, 1.165) is 11.1 Å². The van der Waals surface area contributed by atoms with Gasteiger partial charge in [-0.3, -0.25) is 10.1 Å². The second-order valence-electron chi connectivity index (χ2n) is 11.9. The van der Waals surface area contributed by atoms with Crippen LogP contribution in [-0.2, 0) is 11.2 Å². The van der Waals surface area contributed by atoms with Gasteiger partial charge in [0.05, 0.1) is 36.9 Å². The van der Waals surface area contributed by atoms with Gasteiger partial charge in [0.25, 0.3) is 5.56 Å². The van der Waals surface area contributed by atoms with E-state index >= 15 is 0 Å². The van der Waals surface area contributed by atoms with Crippen LogP contribution >= 0.6 is 11.6 Å². The number of halogens is 1. The van der Waals surface area contributed by atoms with Crippen molar-refractivity contribution in [1.29, 1.82) is 0 Å². The number of H-pyrrole nitrogens is 1. The fourth-order valence-electron chi connectivity index (χ4n) is 5.19. The number of hydrogen-bond donors (Lipinski definition) is 2. The number of pyridine rings is 2. The Morgan fingerprint density at radius 2 is 1.83 bits per heavy atom. The number of methoxy groups -OCH3 is 1. The van der Waals surface area contributed by atoms with E-state index in [2.05, 4.69) is 30.8 Å². The molecule has 0 bridgehead atoms. The largest absolute Gasteiger partial charge is 0.495 e. The van der Waals surface area contributed by atoms with E-state index in [1.807, 2.05) is 30.3 Å². The lowest BCUT2D eigenvalue weighted by atomic mass is 10.0. The van der Waals surface area contributed by atoms with Gasteiger partial charge in [-0.1, -0.05) is 41.9 Å². The first-order valence-corrected chi connectivity index (χ1v) is 15.3. The second-order valence-corrected chi connectivity index (χ2v) is 12.3. The van der Waals surface area contributed by atoms with Gasteiger partial charge in [-0.05, 0) is 67.1 Å². The number of imidazole rings is 1. The zero-order chi connectivity index (χ0) is 33.8. The van der Waals surface area contributed by atoms with Crippen molar-refractivity contribution in [1.82, 2.24) is 39.7 Å². The maximum atomic E-state index is 14.0. The molecule has 0 radical (unpaired) electrons. The molecule has 0 aliphatic heterocycles. The summed E-state index contributed by atoms with van der Waals surface area (Å²) in [4.78, 5) is 38.6. The number of anilines is 1. The molecule has 14 heteroatoms. The number of nitrogens with one attached hydrogen (secondary N) is 2. The molecule has 0 saturated carbocycles. The molecule has 0 aliphatic carbocycles. The summed E-state index contributed by atoms with van der Waals surface area (Å²) in [6, 6.07) is 19.5. The number of nitrogens with zero attached hydrogens (tertiary/aromatic N) is 7. The Hall–Kier alpha value is -5.82. The predicted octanol–water partition coefficient (Wildman–Crippen LogP) is 6.12. The van der Waals surface area contributed by atoms with Crippen LogP contribution in [0.15, 0.2) is 96.4 Å². The van der Waals surface area contributed by atoms with Gasteiger partial charge >= 0.3 is 6.09 Å². The van der Waals surface area contributed by atoms with Crippen LogP contribution in [0.4, 0.5) is 10.6 Å². The highest BCUT2D eigenvalue weighted by Gasteiger charge is 2.24. The van der Waals surface area contributed by atoms with Gasteiger partial charge in [-0.25, -0.2) is 14.8 Å². The summed E-state index contributed by atoms with van der Waals surface area (Å²) in [5.41, 5.74) is 3.27. The van der Waals surface area contributed by atoms with Crippen LogP contribution in [0, 0.1) is 0 Å². The number of amides is 1. The number of aromatic nitrogens is 8. The molecule has 1 amide bonds. The number of hydrogen-bond acceptors (Lipinski definition) is 9. The second kappa shape index (κ2) is 13.5. The number of ether oxygens (including phenoxy) is 2. The lowest BCUT2D eigenvalue weighted by molar-refractivity contribution is 0.0635. The van der Waals surface area contributed by atoms with Crippen molar-refractivity contribution in [3.63, 3.8) is 0 Å². The third-order valence-electron chi connectivity index (χ3n) is 7.33. The van der Waals surface area contributed by atoms with Crippen LogP contribution in [0.3, 0.4) is 0 Å². The molecule has 1 unspecified atom stereocenters. The Balaban J connectivity index is 1.36. The zero-order valence-electron chi connectivity index (χ0n) is 26.6. The summed E-state index contributed by atoms with van der Waals surface area (Å²) in [7, 11) is 1.54. The minimum Gasteiger partial charge on any atom is -0.495 e. The van der Waals surface area contributed by atoms with Gasteiger partial charge in [-0.2, -0.15) is 4.68 Å². The van der Waals surface area contributed by atoms with E-state index in [1.54, 1.807) is 81.4 Å². The molecule has 4 aromatic heterocycles. The van der Waals surface area contributed by atoms with Crippen molar-refractivity contribution < 1.29 is 14.3 Å². The van der Waals surface area contributed by atoms with Gasteiger partial charge in [0.15, 0.2) is 0 Å². The maximum Gasteiger partial charge on any atom is 0.413 e. The molecule has 244 valence electrons. The molecule has 2 N–H and O–H groups in total. The first-order valence-electron chi connectivity index (χ1n) is 15.0. The van der Waals surface area contributed by atoms with Gasteiger partial charge in [0, 0.05) is 40.4 Å². The van der Waals surface area contributed by atoms with Crippen LogP contribution in [0.1, 0.15) is 38.2 Å². The molecular formula is C34H32ClN9O4. The van der Waals surface area contributed by atoms with Crippen molar-refractivity contribution in [2.75, 3.05) is 12.4 Å². The van der Waals surface area contributed by atoms with E-state index in [9.17, 15) is 9.59 Å². The normalized spacial score (nSPS) is 12.0. The number of carbonyl (C=O) groups excluding carboxylic acids is 1. The van der Waals surface area contributed by atoms with E-state index in [-0.39, 0.29) is 5.56 Å². The van der Waals surface area contributed by atoms with Crippen LogP contribution < -0.4 is 15.6 Å². The minimum atomic E-state index is -0.632. The van der Waals surface area contributed by atoms with Gasteiger partial charge in [-0.15, -0.1) is 5.10 Å². The molecular weight excluding hydrogens is 634 g/mol. The Morgan fingerprint density at radius 1 is 1.02 bits per heavy atom. The quantitative estimate of drug-likeness (QED) is 0.186. The van der Waals surface area contributed by atoms with Gasteiger partial charge < -0.3 is 19.0 Å². The number of tetrazole rings is 1. The summed E-state index contributed by atoms with van der Waals surface area (Å²) >= 11 is 6.40. The molecule has 2 aromatic carbocycles. The fraction of sp³-hybridized carbons (Fsp3) is 0.206. The summed E-state index contributed by atoms with van der Waals surface area (Å²) in [5, 5.41) is 14.6. The van der Waals surface area contributed by atoms with E-state index in [4.69, 9.17) is 26.1 Å². The van der Waals surface area contributed by atoms with E-state index in [0.29, 0.717) is 51.3 Å². The summed E-state index contributed by atoms with van der Waals surface area (Å²) in [6.07, 6.45) is 6.31. The van der Waals surface area contributed by atoms with Crippen LogP contribution in [0.2, 0.25) is 5.02 Å². The Labute approximate surface area is 280 Å². The van der Waals surface area contributed by atoms with Crippen LogP contribution in [0.25, 0.3) is 28.1 Å². The summed E-state index contributed by atoms with van der Waals surface area (Å²) < 4.78 is 14.2. The molecule has 13 nitrogen and oxygen atoms in total. The lowest BCUT2D eigenvalue weighted by Gasteiger charge is -2.21. The first-order chi connectivity index (χ1) is 23.1.